The topological polar surface area (TPSA) is 66.9 Å². The fraction of sp³-hybridized carbons (Fsp3) is 0.500. The average Bonchev–Trinajstić information content (AvgIpc) is 2.52. The molecule has 1 amide bonds. The molecule has 0 bridgehead atoms. The molecule has 0 saturated carbocycles. The molecule has 0 atom stereocenters. The summed E-state index contributed by atoms with van der Waals surface area (Å²) in [6.45, 7) is 2.66. The van der Waals surface area contributed by atoms with Gasteiger partial charge in [-0.3, -0.25) is 4.79 Å². The zero-order valence-electron chi connectivity index (χ0n) is 12.7. The van der Waals surface area contributed by atoms with Crippen LogP contribution < -0.4 is 0 Å². The zero-order valence-corrected chi connectivity index (χ0v) is 13.5. The van der Waals surface area contributed by atoms with Crippen molar-refractivity contribution in [3.63, 3.8) is 0 Å². The molecule has 0 aliphatic carbocycles. The third-order valence-corrected chi connectivity index (χ3v) is 5.46. The van der Waals surface area contributed by atoms with E-state index >= 15 is 0 Å². The summed E-state index contributed by atoms with van der Waals surface area (Å²) in [5, 5.41) is 0. The molecule has 0 N–H and O–H groups in total. The first-order valence-electron chi connectivity index (χ1n) is 7.17. The minimum atomic E-state index is -4.05. The van der Waals surface area contributed by atoms with Gasteiger partial charge in [-0.05, 0) is 19.1 Å². The molecule has 1 aromatic rings. The number of halogens is 2. The summed E-state index contributed by atoms with van der Waals surface area (Å²) >= 11 is 0. The molecule has 0 unspecified atom stereocenters. The summed E-state index contributed by atoms with van der Waals surface area (Å²) in [6, 6.07) is 2.35. The maximum atomic E-state index is 13.7. The Balaban J connectivity index is 2.05. The Hall–Kier alpha value is -1.58. The van der Waals surface area contributed by atoms with Crippen molar-refractivity contribution in [3.05, 3.63) is 29.8 Å². The van der Waals surface area contributed by atoms with Gasteiger partial charge >= 0.3 is 0 Å². The first-order chi connectivity index (χ1) is 10.9. The molecule has 6 nitrogen and oxygen atoms in total. The molecular weight excluding hydrogens is 330 g/mol. The number of hydrogen-bond acceptors (Lipinski definition) is 4. The second kappa shape index (κ2) is 7.33. The van der Waals surface area contributed by atoms with Gasteiger partial charge in [0.2, 0.25) is 15.9 Å². The molecule has 1 heterocycles. The molecule has 0 spiro atoms. The summed E-state index contributed by atoms with van der Waals surface area (Å²) in [7, 11) is -4.05. The van der Waals surface area contributed by atoms with E-state index < -0.39 is 26.6 Å². The molecule has 128 valence electrons. The van der Waals surface area contributed by atoms with Crippen molar-refractivity contribution >= 4 is 15.9 Å². The Morgan fingerprint density at radius 1 is 1.22 bits per heavy atom. The maximum absolute atomic E-state index is 13.7. The van der Waals surface area contributed by atoms with Crippen molar-refractivity contribution in [2.45, 2.75) is 11.8 Å². The molecule has 1 saturated heterocycles. The van der Waals surface area contributed by atoms with Crippen LogP contribution in [0.5, 0.6) is 0 Å². The number of sulfonamides is 1. The van der Waals surface area contributed by atoms with Gasteiger partial charge in [0.15, 0.2) is 0 Å². The van der Waals surface area contributed by atoms with Crippen molar-refractivity contribution in [2.75, 3.05) is 39.4 Å². The van der Waals surface area contributed by atoms with E-state index in [1.165, 1.54) is 4.90 Å². The third kappa shape index (κ3) is 4.04. The van der Waals surface area contributed by atoms with Crippen LogP contribution in [0.3, 0.4) is 0 Å². The highest BCUT2D eigenvalue weighted by atomic mass is 32.2. The Morgan fingerprint density at radius 3 is 2.43 bits per heavy atom. The number of benzene rings is 1. The highest BCUT2D eigenvalue weighted by Crippen LogP contribution is 2.21. The summed E-state index contributed by atoms with van der Waals surface area (Å²) in [5.74, 6) is -2.18. The van der Waals surface area contributed by atoms with E-state index in [9.17, 15) is 22.0 Å². The van der Waals surface area contributed by atoms with Crippen molar-refractivity contribution in [2.24, 2.45) is 0 Å². The van der Waals surface area contributed by atoms with Gasteiger partial charge in [0.05, 0.1) is 0 Å². The van der Waals surface area contributed by atoms with Crippen molar-refractivity contribution < 1.29 is 26.7 Å². The fourth-order valence-electron chi connectivity index (χ4n) is 2.28. The van der Waals surface area contributed by atoms with Crippen LogP contribution in [0.15, 0.2) is 23.1 Å². The van der Waals surface area contributed by atoms with E-state index in [1.807, 2.05) is 0 Å². The van der Waals surface area contributed by atoms with Crippen LogP contribution in [-0.4, -0.2) is 62.9 Å². The van der Waals surface area contributed by atoms with Crippen LogP contribution >= 0.6 is 0 Å². The number of ether oxygens (including phenoxy) is 1. The Bertz CT molecular complexity index is 673. The summed E-state index contributed by atoms with van der Waals surface area (Å²) in [5.41, 5.74) is 0. The van der Waals surface area contributed by atoms with Gasteiger partial charge < -0.3 is 9.64 Å². The lowest BCUT2D eigenvalue weighted by molar-refractivity contribution is -0.137. The Kier molecular flexibility index (Phi) is 5.66. The average molecular weight is 348 g/mol. The minimum Gasteiger partial charge on any atom is -0.372 e. The summed E-state index contributed by atoms with van der Waals surface area (Å²) < 4.78 is 57.6. The highest BCUT2D eigenvalue weighted by Gasteiger charge is 2.31. The van der Waals surface area contributed by atoms with E-state index in [0.29, 0.717) is 12.7 Å². The van der Waals surface area contributed by atoms with E-state index in [0.717, 1.165) is 16.4 Å². The molecule has 1 aromatic carbocycles. The maximum Gasteiger partial charge on any atom is 0.248 e. The molecule has 2 rings (SSSR count). The van der Waals surface area contributed by atoms with Gasteiger partial charge in [0.25, 0.3) is 0 Å². The molecule has 1 aliphatic rings. The van der Waals surface area contributed by atoms with Gasteiger partial charge in [-0.15, -0.1) is 0 Å². The lowest BCUT2D eigenvalue weighted by Gasteiger charge is -2.34. The lowest BCUT2D eigenvalue weighted by atomic mass is 10.3. The molecule has 23 heavy (non-hydrogen) atoms. The SMILES string of the molecule is CCOCC(=O)N1CCN(S(=O)(=O)c2ccc(F)cc2F)CC1. The van der Waals surface area contributed by atoms with Gasteiger partial charge in [0, 0.05) is 38.9 Å². The molecule has 0 aromatic heterocycles. The second-order valence-corrected chi connectivity index (χ2v) is 6.90. The Morgan fingerprint density at radius 2 is 1.87 bits per heavy atom. The van der Waals surface area contributed by atoms with Gasteiger partial charge in [-0.2, -0.15) is 4.31 Å². The van der Waals surface area contributed by atoms with Gasteiger partial charge in [0.1, 0.15) is 23.1 Å². The highest BCUT2D eigenvalue weighted by molar-refractivity contribution is 7.89. The number of piperazine rings is 1. The monoisotopic (exact) mass is 348 g/mol. The largest absolute Gasteiger partial charge is 0.372 e. The predicted molar refractivity (Wildman–Crippen MR) is 78.2 cm³/mol. The standard InChI is InChI=1S/C14H18F2N2O4S/c1-2-22-10-14(19)17-5-7-18(8-6-17)23(20,21)13-4-3-11(15)9-12(13)16/h3-4,9H,2,5-8,10H2,1H3. The van der Waals surface area contributed by atoms with Gasteiger partial charge in [-0.25, -0.2) is 17.2 Å². The molecule has 1 fully saturated rings. The summed E-state index contributed by atoms with van der Waals surface area (Å²) in [6.07, 6.45) is 0. The minimum absolute atomic E-state index is 0.0458. The van der Waals surface area contributed by atoms with Crippen molar-refractivity contribution in [1.29, 1.82) is 0 Å². The van der Waals surface area contributed by atoms with Crippen molar-refractivity contribution in [1.82, 2.24) is 9.21 Å². The fourth-order valence-corrected chi connectivity index (χ4v) is 3.75. The molecular formula is C14H18F2N2O4S. The lowest BCUT2D eigenvalue weighted by Crippen LogP contribution is -2.51. The number of carbonyl (C=O) groups excluding carboxylic acids is 1. The third-order valence-electron chi connectivity index (χ3n) is 3.53. The Labute approximate surface area is 133 Å². The van der Waals surface area contributed by atoms with Crippen LogP contribution in [0.4, 0.5) is 8.78 Å². The van der Waals surface area contributed by atoms with Crippen LogP contribution in [0.25, 0.3) is 0 Å². The van der Waals surface area contributed by atoms with E-state index in [1.54, 1.807) is 6.92 Å². The zero-order chi connectivity index (χ0) is 17.0. The molecule has 1 aliphatic heterocycles. The number of amides is 1. The van der Waals surface area contributed by atoms with Crippen LogP contribution in [0.2, 0.25) is 0 Å². The van der Waals surface area contributed by atoms with E-state index in [4.69, 9.17) is 4.74 Å². The predicted octanol–water partition coefficient (Wildman–Crippen LogP) is 0.834. The molecule has 0 radical (unpaired) electrons. The normalized spacial score (nSPS) is 16.6. The molecule has 9 heteroatoms. The van der Waals surface area contributed by atoms with Crippen molar-refractivity contribution in [3.8, 4) is 0 Å². The van der Waals surface area contributed by atoms with Crippen LogP contribution in [0.1, 0.15) is 6.92 Å². The number of rotatable bonds is 5. The van der Waals surface area contributed by atoms with Crippen LogP contribution in [-0.2, 0) is 19.6 Å². The second-order valence-electron chi connectivity index (χ2n) is 5.00. The number of carbonyl (C=O) groups is 1. The van der Waals surface area contributed by atoms with Gasteiger partial charge in [-0.1, -0.05) is 0 Å². The van der Waals surface area contributed by atoms with E-state index in [2.05, 4.69) is 0 Å². The number of nitrogens with zero attached hydrogens (tertiary/aromatic N) is 2. The smallest absolute Gasteiger partial charge is 0.248 e. The first-order valence-corrected chi connectivity index (χ1v) is 8.61. The summed E-state index contributed by atoms with van der Waals surface area (Å²) in [4.78, 5) is 12.7. The number of hydrogen-bond donors (Lipinski definition) is 0. The first kappa shape index (κ1) is 17.8. The van der Waals surface area contributed by atoms with Crippen LogP contribution in [0, 0.1) is 11.6 Å². The van der Waals surface area contributed by atoms with E-state index in [-0.39, 0.29) is 38.7 Å². The quantitative estimate of drug-likeness (QED) is 0.791.